The van der Waals surface area contributed by atoms with Crippen molar-refractivity contribution in [2.45, 2.75) is 6.04 Å². The first-order valence-corrected chi connectivity index (χ1v) is 7.20. The van der Waals surface area contributed by atoms with Crippen molar-refractivity contribution in [3.8, 4) is 0 Å². The van der Waals surface area contributed by atoms with Gasteiger partial charge in [-0.15, -0.1) is 0 Å². The van der Waals surface area contributed by atoms with Gasteiger partial charge in [0.2, 0.25) is 5.95 Å². The Morgan fingerprint density at radius 2 is 2.09 bits per heavy atom. The molecule has 0 aliphatic heterocycles. The smallest absolute Gasteiger partial charge is 0.223 e. The van der Waals surface area contributed by atoms with Crippen molar-refractivity contribution in [3.05, 3.63) is 65.1 Å². The van der Waals surface area contributed by atoms with E-state index in [-0.39, 0.29) is 16.9 Å². The summed E-state index contributed by atoms with van der Waals surface area (Å²) in [5.74, 6) is 0.704. The van der Waals surface area contributed by atoms with Crippen molar-refractivity contribution < 1.29 is 4.39 Å². The van der Waals surface area contributed by atoms with Crippen molar-refractivity contribution in [2.75, 3.05) is 11.1 Å². The quantitative estimate of drug-likeness (QED) is 0.718. The second kappa shape index (κ2) is 6.21. The Hall–Kier alpha value is -2.67. The van der Waals surface area contributed by atoms with Gasteiger partial charge in [-0.1, -0.05) is 29.8 Å². The van der Waals surface area contributed by atoms with E-state index >= 15 is 0 Å². The summed E-state index contributed by atoms with van der Waals surface area (Å²) in [4.78, 5) is 12.2. The second-order valence-corrected chi connectivity index (χ2v) is 5.32. The summed E-state index contributed by atoms with van der Waals surface area (Å²) >= 11 is 5.90. The fraction of sp³-hybridized carbons (Fsp3) is 0.133. The SMILES string of the molecule is Cn1ccnc1[C@@H](Nc1cc(Cl)nc(N)n1)c1ccccc1F. The topological polar surface area (TPSA) is 81.7 Å². The number of rotatable bonds is 4. The van der Waals surface area contributed by atoms with Gasteiger partial charge in [-0.2, -0.15) is 4.98 Å². The molecule has 0 unspecified atom stereocenters. The predicted octanol–water partition coefficient (Wildman–Crippen LogP) is 2.79. The molecule has 0 bridgehead atoms. The van der Waals surface area contributed by atoms with Crippen molar-refractivity contribution >= 4 is 23.4 Å². The van der Waals surface area contributed by atoms with E-state index in [1.165, 1.54) is 12.1 Å². The maximum atomic E-state index is 14.3. The highest BCUT2D eigenvalue weighted by Gasteiger charge is 2.22. The van der Waals surface area contributed by atoms with E-state index in [1.54, 1.807) is 35.2 Å². The van der Waals surface area contributed by atoms with Crippen LogP contribution >= 0.6 is 11.6 Å². The Morgan fingerprint density at radius 1 is 1.30 bits per heavy atom. The van der Waals surface area contributed by atoms with Gasteiger partial charge in [0.05, 0.1) is 0 Å². The number of benzene rings is 1. The van der Waals surface area contributed by atoms with Crippen molar-refractivity contribution in [1.29, 1.82) is 0 Å². The third-order valence-electron chi connectivity index (χ3n) is 3.34. The van der Waals surface area contributed by atoms with Crippen LogP contribution in [-0.2, 0) is 7.05 Å². The van der Waals surface area contributed by atoms with Crippen LogP contribution in [0.5, 0.6) is 0 Å². The molecule has 8 heteroatoms. The van der Waals surface area contributed by atoms with Gasteiger partial charge < -0.3 is 15.6 Å². The Kier molecular flexibility index (Phi) is 4.12. The number of nitrogens with zero attached hydrogens (tertiary/aromatic N) is 4. The van der Waals surface area contributed by atoms with Crippen molar-refractivity contribution in [3.63, 3.8) is 0 Å². The molecule has 0 amide bonds. The van der Waals surface area contributed by atoms with Crippen molar-refractivity contribution in [1.82, 2.24) is 19.5 Å². The molecule has 3 aromatic rings. The molecule has 6 nitrogen and oxygen atoms in total. The molecule has 0 aliphatic carbocycles. The Bertz CT molecular complexity index is 814. The molecule has 3 rings (SSSR count). The lowest BCUT2D eigenvalue weighted by molar-refractivity contribution is 0.596. The lowest BCUT2D eigenvalue weighted by atomic mass is 10.1. The first-order valence-electron chi connectivity index (χ1n) is 6.83. The molecule has 2 aromatic heterocycles. The van der Waals surface area contributed by atoms with Crippen LogP contribution in [0, 0.1) is 5.82 Å². The fourth-order valence-electron chi connectivity index (χ4n) is 2.30. The third kappa shape index (κ3) is 3.24. The van der Waals surface area contributed by atoms with Gasteiger partial charge in [0, 0.05) is 31.1 Å². The molecule has 118 valence electrons. The summed E-state index contributed by atoms with van der Waals surface area (Å²) < 4.78 is 16.1. The lowest BCUT2D eigenvalue weighted by Gasteiger charge is -2.20. The molecule has 3 N–H and O–H groups in total. The molecule has 1 aromatic carbocycles. The average Bonchev–Trinajstić information content (AvgIpc) is 2.91. The molecule has 0 fully saturated rings. The molecule has 0 aliphatic rings. The summed E-state index contributed by atoms with van der Waals surface area (Å²) in [5, 5.41) is 3.32. The first-order chi connectivity index (χ1) is 11.0. The van der Waals surface area contributed by atoms with Gasteiger partial charge in [0.1, 0.15) is 28.7 Å². The van der Waals surface area contributed by atoms with E-state index in [9.17, 15) is 4.39 Å². The molecule has 2 heterocycles. The number of halogens is 2. The third-order valence-corrected chi connectivity index (χ3v) is 3.53. The monoisotopic (exact) mass is 332 g/mol. The van der Waals surface area contributed by atoms with Crippen LogP contribution in [0.1, 0.15) is 17.4 Å². The van der Waals surface area contributed by atoms with Crippen LogP contribution in [-0.4, -0.2) is 19.5 Å². The zero-order chi connectivity index (χ0) is 16.4. The number of imidazole rings is 1. The van der Waals surface area contributed by atoms with Crippen LogP contribution < -0.4 is 11.1 Å². The number of hydrogen-bond acceptors (Lipinski definition) is 5. The van der Waals surface area contributed by atoms with Crippen LogP contribution in [0.4, 0.5) is 16.2 Å². The standard InChI is InChI=1S/C15H14ClFN6/c1-23-7-6-19-14(23)13(9-4-2-3-5-10(9)17)21-12-8-11(16)20-15(18)22-12/h2-8,13H,1H3,(H3,18,20,21,22)/t13-/m0/s1. The molecule has 23 heavy (non-hydrogen) atoms. The van der Waals surface area contributed by atoms with E-state index in [1.807, 2.05) is 7.05 Å². The zero-order valence-corrected chi connectivity index (χ0v) is 13.0. The Labute approximate surface area is 137 Å². The molecule has 0 spiro atoms. The maximum Gasteiger partial charge on any atom is 0.223 e. The number of aromatic nitrogens is 4. The molecular weight excluding hydrogens is 319 g/mol. The molecule has 0 saturated heterocycles. The molecular formula is C15H14ClFN6. The van der Waals surface area contributed by atoms with E-state index in [4.69, 9.17) is 17.3 Å². The minimum atomic E-state index is -0.554. The van der Waals surface area contributed by atoms with Gasteiger partial charge in [-0.3, -0.25) is 0 Å². The minimum absolute atomic E-state index is 0.0344. The summed E-state index contributed by atoms with van der Waals surface area (Å²) in [6.45, 7) is 0. The summed E-state index contributed by atoms with van der Waals surface area (Å²) in [5.41, 5.74) is 6.05. The first kappa shape index (κ1) is 15.2. The van der Waals surface area contributed by atoms with E-state index < -0.39 is 6.04 Å². The Balaban J connectivity index is 2.06. The lowest BCUT2D eigenvalue weighted by Crippen LogP contribution is -2.19. The highest BCUT2D eigenvalue weighted by molar-refractivity contribution is 6.29. The van der Waals surface area contributed by atoms with Crippen molar-refractivity contribution in [2.24, 2.45) is 7.05 Å². The minimum Gasteiger partial charge on any atom is -0.368 e. The van der Waals surface area contributed by atoms with Gasteiger partial charge >= 0.3 is 0 Å². The second-order valence-electron chi connectivity index (χ2n) is 4.93. The fourth-order valence-corrected chi connectivity index (χ4v) is 2.49. The maximum absolute atomic E-state index is 14.3. The van der Waals surface area contributed by atoms with E-state index in [0.29, 0.717) is 17.2 Å². The number of nitrogens with two attached hydrogens (primary N) is 1. The number of nitrogens with one attached hydrogen (secondary N) is 1. The van der Waals surface area contributed by atoms with Crippen LogP contribution in [0.2, 0.25) is 5.15 Å². The number of anilines is 2. The normalized spacial score (nSPS) is 12.1. The highest BCUT2D eigenvalue weighted by atomic mass is 35.5. The summed E-state index contributed by atoms with van der Waals surface area (Å²) in [6, 6.07) is 7.45. The largest absolute Gasteiger partial charge is 0.368 e. The number of nitrogen functional groups attached to an aromatic ring is 1. The van der Waals surface area contributed by atoms with Crippen LogP contribution in [0.3, 0.4) is 0 Å². The van der Waals surface area contributed by atoms with Gasteiger partial charge in [-0.05, 0) is 6.07 Å². The molecule has 0 saturated carbocycles. The summed E-state index contributed by atoms with van der Waals surface area (Å²) in [7, 11) is 1.83. The highest BCUT2D eigenvalue weighted by Crippen LogP contribution is 2.27. The average molecular weight is 333 g/mol. The van der Waals surface area contributed by atoms with Crippen LogP contribution in [0.25, 0.3) is 0 Å². The zero-order valence-electron chi connectivity index (χ0n) is 12.2. The van der Waals surface area contributed by atoms with E-state index in [2.05, 4.69) is 20.3 Å². The van der Waals surface area contributed by atoms with Gasteiger partial charge in [-0.25, -0.2) is 14.4 Å². The molecule has 0 radical (unpaired) electrons. The van der Waals surface area contributed by atoms with Gasteiger partial charge in [0.15, 0.2) is 0 Å². The van der Waals surface area contributed by atoms with Crippen LogP contribution in [0.15, 0.2) is 42.7 Å². The number of hydrogen-bond donors (Lipinski definition) is 2. The molecule has 1 atom stereocenters. The predicted molar refractivity (Wildman–Crippen MR) is 86.5 cm³/mol. The van der Waals surface area contributed by atoms with E-state index in [0.717, 1.165) is 0 Å². The number of aryl methyl sites for hydroxylation is 1. The Morgan fingerprint density at radius 3 is 2.74 bits per heavy atom. The van der Waals surface area contributed by atoms with Gasteiger partial charge in [0.25, 0.3) is 0 Å². The summed E-state index contributed by atoms with van der Waals surface area (Å²) in [6.07, 6.45) is 3.43.